The van der Waals surface area contributed by atoms with Crippen molar-refractivity contribution in [3.05, 3.63) is 23.8 Å². The Hall–Kier alpha value is -2.04. The molecule has 18 heavy (non-hydrogen) atoms. The average molecular weight is 248 g/mol. The molecule has 96 valence electrons. The Morgan fingerprint density at radius 2 is 2.39 bits per heavy atom. The van der Waals surface area contributed by atoms with Gasteiger partial charge in [0.1, 0.15) is 0 Å². The first-order valence-corrected chi connectivity index (χ1v) is 5.99. The number of ether oxygens (including phenoxy) is 1. The number of nitrogens with zero attached hydrogens (tertiary/aromatic N) is 1. The summed E-state index contributed by atoms with van der Waals surface area (Å²) in [5.74, 6) is 0.600. The molecule has 0 atom stereocenters. The first-order chi connectivity index (χ1) is 8.70. The van der Waals surface area contributed by atoms with Crippen molar-refractivity contribution in [2.24, 2.45) is 11.0 Å². The molecular weight excluding hydrogens is 232 g/mol. The average Bonchev–Trinajstić information content (AvgIpc) is 3.16. The number of carbonyl (C=O) groups excluding carboxylic acids is 1. The van der Waals surface area contributed by atoms with Crippen LogP contribution in [0.15, 0.2) is 23.3 Å². The van der Waals surface area contributed by atoms with Gasteiger partial charge in [-0.2, -0.15) is 5.10 Å². The Morgan fingerprint density at radius 3 is 3.00 bits per heavy atom. The zero-order chi connectivity index (χ0) is 13.0. The number of benzene rings is 1. The predicted molar refractivity (Wildman–Crippen MR) is 67.7 cm³/mol. The summed E-state index contributed by atoms with van der Waals surface area (Å²) in [6.45, 7) is 2.35. The fraction of sp³-hybridized carbons (Fsp3) is 0.385. The van der Waals surface area contributed by atoms with E-state index in [1.165, 1.54) is 12.3 Å². The summed E-state index contributed by atoms with van der Waals surface area (Å²) in [6, 6.07) is 4.97. The SMILES string of the molecule is CCOc1ccc(/C=N/NC(=O)C2CC2)cc1O. The van der Waals surface area contributed by atoms with Gasteiger partial charge >= 0.3 is 0 Å². The summed E-state index contributed by atoms with van der Waals surface area (Å²) in [5.41, 5.74) is 3.17. The van der Waals surface area contributed by atoms with Crippen molar-refractivity contribution in [3.8, 4) is 11.5 Å². The number of hydrazone groups is 1. The molecule has 0 aliphatic heterocycles. The first-order valence-electron chi connectivity index (χ1n) is 5.99. The standard InChI is InChI=1S/C13H16N2O3/c1-2-18-12-6-3-9(7-11(12)16)8-14-15-13(17)10-4-5-10/h3,6-8,10,16H,2,4-5H2,1H3,(H,15,17)/b14-8+. The molecule has 0 unspecified atom stereocenters. The lowest BCUT2D eigenvalue weighted by Crippen LogP contribution is -2.18. The smallest absolute Gasteiger partial charge is 0.243 e. The minimum absolute atomic E-state index is 0.0404. The number of carbonyl (C=O) groups is 1. The molecule has 0 saturated heterocycles. The first kappa shape index (κ1) is 12.4. The van der Waals surface area contributed by atoms with Gasteiger partial charge in [0.25, 0.3) is 0 Å². The Balaban J connectivity index is 1.94. The molecule has 1 aliphatic rings. The van der Waals surface area contributed by atoms with Gasteiger partial charge in [0, 0.05) is 5.92 Å². The highest BCUT2D eigenvalue weighted by molar-refractivity contribution is 5.84. The molecular formula is C13H16N2O3. The lowest BCUT2D eigenvalue weighted by Gasteiger charge is -2.05. The number of phenols is 1. The van der Waals surface area contributed by atoms with E-state index in [1.54, 1.807) is 12.1 Å². The van der Waals surface area contributed by atoms with Crippen LogP contribution in [0.25, 0.3) is 0 Å². The van der Waals surface area contributed by atoms with Crippen LogP contribution in [0.2, 0.25) is 0 Å². The molecule has 0 radical (unpaired) electrons. The number of rotatable bonds is 5. The molecule has 0 heterocycles. The highest BCUT2D eigenvalue weighted by Gasteiger charge is 2.29. The molecule has 0 bridgehead atoms. The predicted octanol–water partition coefficient (Wildman–Crippen LogP) is 1.65. The van der Waals surface area contributed by atoms with Gasteiger partial charge in [-0.1, -0.05) is 0 Å². The van der Waals surface area contributed by atoms with E-state index >= 15 is 0 Å². The van der Waals surface area contributed by atoms with Crippen LogP contribution in [0.4, 0.5) is 0 Å². The quantitative estimate of drug-likeness (QED) is 0.615. The second-order valence-electron chi connectivity index (χ2n) is 4.17. The molecule has 0 spiro atoms. The van der Waals surface area contributed by atoms with Gasteiger partial charge in [-0.05, 0) is 43.5 Å². The minimum Gasteiger partial charge on any atom is -0.504 e. The van der Waals surface area contributed by atoms with Gasteiger partial charge in [-0.15, -0.1) is 0 Å². The molecule has 5 nitrogen and oxygen atoms in total. The van der Waals surface area contributed by atoms with E-state index in [0.29, 0.717) is 17.9 Å². The van der Waals surface area contributed by atoms with Crippen molar-refractivity contribution in [1.82, 2.24) is 5.43 Å². The highest BCUT2D eigenvalue weighted by atomic mass is 16.5. The van der Waals surface area contributed by atoms with Gasteiger partial charge in [-0.25, -0.2) is 5.43 Å². The van der Waals surface area contributed by atoms with Gasteiger partial charge in [-0.3, -0.25) is 4.79 Å². The summed E-state index contributed by atoms with van der Waals surface area (Å²) in [6.07, 6.45) is 3.39. The summed E-state index contributed by atoms with van der Waals surface area (Å²) >= 11 is 0. The highest BCUT2D eigenvalue weighted by Crippen LogP contribution is 2.28. The van der Waals surface area contributed by atoms with E-state index < -0.39 is 0 Å². The zero-order valence-corrected chi connectivity index (χ0v) is 10.2. The van der Waals surface area contributed by atoms with Crippen molar-refractivity contribution >= 4 is 12.1 Å². The summed E-state index contributed by atoms with van der Waals surface area (Å²) in [7, 11) is 0. The molecule has 1 aromatic carbocycles. The van der Waals surface area contributed by atoms with Crippen LogP contribution in [0, 0.1) is 5.92 Å². The summed E-state index contributed by atoms with van der Waals surface area (Å²) in [5, 5.41) is 13.5. The van der Waals surface area contributed by atoms with Crippen molar-refractivity contribution in [1.29, 1.82) is 0 Å². The van der Waals surface area contributed by atoms with Crippen LogP contribution in [0.1, 0.15) is 25.3 Å². The number of nitrogens with one attached hydrogen (secondary N) is 1. The second kappa shape index (κ2) is 5.53. The van der Waals surface area contributed by atoms with E-state index in [1.807, 2.05) is 6.92 Å². The van der Waals surface area contributed by atoms with Crippen LogP contribution >= 0.6 is 0 Å². The van der Waals surface area contributed by atoms with Crippen LogP contribution < -0.4 is 10.2 Å². The molecule has 1 saturated carbocycles. The third-order valence-electron chi connectivity index (χ3n) is 2.62. The van der Waals surface area contributed by atoms with Gasteiger partial charge < -0.3 is 9.84 Å². The molecule has 1 fully saturated rings. The molecule has 2 rings (SSSR count). The van der Waals surface area contributed by atoms with Gasteiger partial charge in [0.05, 0.1) is 12.8 Å². The molecule has 2 N–H and O–H groups in total. The summed E-state index contributed by atoms with van der Waals surface area (Å²) < 4.78 is 5.21. The maximum atomic E-state index is 11.3. The minimum atomic E-state index is -0.0404. The van der Waals surface area contributed by atoms with E-state index in [0.717, 1.165) is 12.8 Å². The third-order valence-corrected chi connectivity index (χ3v) is 2.62. The van der Waals surface area contributed by atoms with E-state index in [-0.39, 0.29) is 17.6 Å². The number of hydrogen-bond donors (Lipinski definition) is 2. The second-order valence-corrected chi connectivity index (χ2v) is 4.17. The Labute approximate surface area is 105 Å². The van der Waals surface area contributed by atoms with Crippen molar-refractivity contribution in [3.63, 3.8) is 0 Å². The van der Waals surface area contributed by atoms with E-state index in [4.69, 9.17) is 4.74 Å². The van der Waals surface area contributed by atoms with Crippen molar-refractivity contribution < 1.29 is 14.6 Å². The number of hydrogen-bond acceptors (Lipinski definition) is 4. The molecule has 1 aliphatic carbocycles. The fourth-order valence-electron chi connectivity index (χ4n) is 1.50. The number of amides is 1. The lowest BCUT2D eigenvalue weighted by atomic mass is 10.2. The Morgan fingerprint density at radius 1 is 1.61 bits per heavy atom. The third kappa shape index (κ3) is 3.23. The van der Waals surface area contributed by atoms with Crippen molar-refractivity contribution in [2.45, 2.75) is 19.8 Å². The summed E-state index contributed by atoms with van der Waals surface area (Å²) in [4.78, 5) is 11.3. The van der Waals surface area contributed by atoms with Crippen molar-refractivity contribution in [2.75, 3.05) is 6.61 Å². The topological polar surface area (TPSA) is 70.9 Å². The van der Waals surface area contributed by atoms with Crippen LogP contribution in [0.5, 0.6) is 11.5 Å². The van der Waals surface area contributed by atoms with Crippen LogP contribution in [-0.4, -0.2) is 23.8 Å². The molecule has 0 aromatic heterocycles. The molecule has 1 amide bonds. The number of aromatic hydroxyl groups is 1. The van der Waals surface area contributed by atoms with Crippen LogP contribution in [-0.2, 0) is 4.79 Å². The Bertz CT molecular complexity index is 467. The fourth-order valence-corrected chi connectivity index (χ4v) is 1.50. The maximum Gasteiger partial charge on any atom is 0.243 e. The zero-order valence-electron chi connectivity index (χ0n) is 10.2. The van der Waals surface area contributed by atoms with E-state index in [2.05, 4.69) is 10.5 Å². The Kier molecular flexibility index (Phi) is 3.82. The lowest BCUT2D eigenvalue weighted by molar-refractivity contribution is -0.122. The largest absolute Gasteiger partial charge is 0.504 e. The van der Waals surface area contributed by atoms with E-state index in [9.17, 15) is 9.90 Å². The monoisotopic (exact) mass is 248 g/mol. The molecule has 5 heteroatoms. The van der Waals surface area contributed by atoms with Gasteiger partial charge in [0.15, 0.2) is 11.5 Å². The maximum absolute atomic E-state index is 11.3. The number of phenolic OH excluding ortho intramolecular Hbond substituents is 1. The van der Waals surface area contributed by atoms with Gasteiger partial charge in [0.2, 0.25) is 5.91 Å². The normalized spacial score (nSPS) is 14.7. The molecule has 1 aromatic rings. The van der Waals surface area contributed by atoms with Crippen LogP contribution in [0.3, 0.4) is 0 Å².